The topological polar surface area (TPSA) is 93.7 Å². The number of anilines is 2. The standard InChI is InChI=1S/C26H24Cl2N2O5/c1-17-5-2-3-6-22(17)30-25(32)16-34-26(33)8-4-7-24(31)29-19-10-12-20(13-11-19)35-23-14-9-18(27)15-21(23)28/h2-3,5-6,9-15H,4,7-8,16H2,1H3,(H,29,31)(H,30,32). The molecule has 0 saturated carbocycles. The van der Waals surface area contributed by atoms with Crippen LogP contribution < -0.4 is 15.4 Å². The third kappa shape index (κ3) is 8.63. The van der Waals surface area contributed by atoms with Crippen molar-refractivity contribution >= 4 is 52.4 Å². The first-order valence-electron chi connectivity index (χ1n) is 10.8. The van der Waals surface area contributed by atoms with Crippen molar-refractivity contribution in [3.63, 3.8) is 0 Å². The first kappa shape index (κ1) is 26.1. The van der Waals surface area contributed by atoms with Crippen LogP contribution in [0.3, 0.4) is 0 Å². The Hall–Kier alpha value is -3.55. The fraction of sp³-hybridized carbons (Fsp3) is 0.192. The van der Waals surface area contributed by atoms with Crippen molar-refractivity contribution in [2.45, 2.75) is 26.2 Å². The van der Waals surface area contributed by atoms with Crippen molar-refractivity contribution in [3.8, 4) is 11.5 Å². The molecule has 0 unspecified atom stereocenters. The van der Waals surface area contributed by atoms with E-state index in [0.717, 1.165) is 5.56 Å². The minimum atomic E-state index is -0.542. The number of carbonyl (C=O) groups is 3. The molecule has 0 aliphatic rings. The van der Waals surface area contributed by atoms with Gasteiger partial charge in [0.25, 0.3) is 5.91 Å². The van der Waals surface area contributed by atoms with E-state index in [4.69, 9.17) is 32.7 Å². The van der Waals surface area contributed by atoms with E-state index in [1.165, 1.54) is 0 Å². The molecule has 2 amide bonds. The van der Waals surface area contributed by atoms with Gasteiger partial charge in [-0.1, -0.05) is 41.4 Å². The number of rotatable bonds is 10. The number of carbonyl (C=O) groups excluding carboxylic acids is 3. The zero-order valence-corrected chi connectivity index (χ0v) is 20.5. The Morgan fingerprint density at radius 2 is 1.60 bits per heavy atom. The summed E-state index contributed by atoms with van der Waals surface area (Å²) in [7, 11) is 0. The van der Waals surface area contributed by atoms with Crippen LogP contribution in [0, 0.1) is 6.92 Å². The molecule has 0 heterocycles. The molecule has 0 aliphatic heterocycles. The normalized spacial score (nSPS) is 10.4. The van der Waals surface area contributed by atoms with Gasteiger partial charge < -0.3 is 20.1 Å². The van der Waals surface area contributed by atoms with E-state index < -0.39 is 11.9 Å². The molecular formula is C26H24Cl2N2O5. The van der Waals surface area contributed by atoms with Crippen LogP contribution in [-0.4, -0.2) is 24.4 Å². The van der Waals surface area contributed by atoms with Gasteiger partial charge in [0.15, 0.2) is 6.61 Å². The average molecular weight is 515 g/mol. The highest BCUT2D eigenvalue weighted by molar-refractivity contribution is 6.35. The molecule has 182 valence electrons. The number of hydrogen-bond donors (Lipinski definition) is 2. The minimum Gasteiger partial charge on any atom is -0.456 e. The second kappa shape index (κ2) is 12.8. The summed E-state index contributed by atoms with van der Waals surface area (Å²) in [5.74, 6) is -0.199. The highest BCUT2D eigenvalue weighted by atomic mass is 35.5. The highest BCUT2D eigenvalue weighted by Gasteiger charge is 2.11. The maximum atomic E-state index is 12.2. The van der Waals surface area contributed by atoms with Crippen LogP contribution in [0.15, 0.2) is 66.7 Å². The van der Waals surface area contributed by atoms with E-state index in [9.17, 15) is 14.4 Å². The van der Waals surface area contributed by atoms with Crippen LogP contribution in [0.4, 0.5) is 11.4 Å². The van der Waals surface area contributed by atoms with Crippen LogP contribution in [0.25, 0.3) is 0 Å². The molecule has 0 aliphatic carbocycles. The molecule has 0 saturated heterocycles. The summed E-state index contributed by atoms with van der Waals surface area (Å²) in [6, 6.07) is 19.0. The lowest BCUT2D eigenvalue weighted by Crippen LogP contribution is -2.21. The van der Waals surface area contributed by atoms with Gasteiger partial charge in [0.05, 0.1) is 5.02 Å². The van der Waals surface area contributed by atoms with E-state index in [2.05, 4.69) is 10.6 Å². The molecular weight excluding hydrogens is 491 g/mol. The van der Waals surface area contributed by atoms with Crippen LogP contribution >= 0.6 is 23.2 Å². The average Bonchev–Trinajstić information content (AvgIpc) is 2.82. The van der Waals surface area contributed by atoms with Crippen LogP contribution in [-0.2, 0) is 19.1 Å². The van der Waals surface area contributed by atoms with Crippen LogP contribution in [0.2, 0.25) is 10.0 Å². The Labute approximate surface area is 213 Å². The molecule has 0 spiro atoms. The molecule has 3 aromatic rings. The molecule has 3 aromatic carbocycles. The first-order valence-corrected chi connectivity index (χ1v) is 11.6. The predicted molar refractivity (Wildman–Crippen MR) is 136 cm³/mol. The minimum absolute atomic E-state index is 0.0275. The number of benzene rings is 3. The lowest BCUT2D eigenvalue weighted by atomic mass is 10.2. The van der Waals surface area contributed by atoms with Gasteiger partial charge >= 0.3 is 5.97 Å². The van der Waals surface area contributed by atoms with Gasteiger partial charge in [-0.2, -0.15) is 0 Å². The summed E-state index contributed by atoms with van der Waals surface area (Å²) in [5.41, 5.74) is 2.16. The molecule has 0 atom stereocenters. The third-order valence-electron chi connectivity index (χ3n) is 4.83. The van der Waals surface area contributed by atoms with Gasteiger partial charge in [0.2, 0.25) is 5.91 Å². The number of amides is 2. The summed E-state index contributed by atoms with van der Waals surface area (Å²) in [4.78, 5) is 36.0. The summed E-state index contributed by atoms with van der Waals surface area (Å²) in [5, 5.41) is 6.34. The maximum Gasteiger partial charge on any atom is 0.306 e. The third-order valence-corrected chi connectivity index (χ3v) is 5.36. The fourth-order valence-electron chi connectivity index (χ4n) is 3.03. The molecule has 9 heteroatoms. The Morgan fingerprint density at radius 1 is 0.857 bits per heavy atom. The quantitative estimate of drug-likeness (QED) is 0.306. The van der Waals surface area contributed by atoms with Gasteiger partial charge in [-0.25, -0.2) is 0 Å². The SMILES string of the molecule is Cc1ccccc1NC(=O)COC(=O)CCCC(=O)Nc1ccc(Oc2ccc(Cl)cc2Cl)cc1. The molecule has 0 bridgehead atoms. The summed E-state index contributed by atoms with van der Waals surface area (Å²) in [6.07, 6.45) is 0.448. The largest absolute Gasteiger partial charge is 0.456 e. The van der Waals surface area contributed by atoms with E-state index in [0.29, 0.717) is 39.3 Å². The van der Waals surface area contributed by atoms with E-state index in [1.54, 1.807) is 54.6 Å². The van der Waals surface area contributed by atoms with Crippen molar-refractivity contribution in [1.29, 1.82) is 0 Å². The maximum absolute atomic E-state index is 12.2. The number of halogens is 2. The van der Waals surface area contributed by atoms with E-state index >= 15 is 0 Å². The molecule has 0 radical (unpaired) electrons. The number of nitrogens with one attached hydrogen (secondary N) is 2. The molecule has 0 aromatic heterocycles. The second-order valence-electron chi connectivity index (χ2n) is 7.63. The number of ether oxygens (including phenoxy) is 2. The Morgan fingerprint density at radius 3 is 2.31 bits per heavy atom. The number of para-hydroxylation sites is 1. The van der Waals surface area contributed by atoms with Crippen molar-refractivity contribution < 1.29 is 23.9 Å². The van der Waals surface area contributed by atoms with Gasteiger partial charge in [0, 0.05) is 29.2 Å². The van der Waals surface area contributed by atoms with E-state index in [1.807, 2.05) is 19.1 Å². The smallest absolute Gasteiger partial charge is 0.306 e. The summed E-state index contributed by atoms with van der Waals surface area (Å²) >= 11 is 12.0. The monoisotopic (exact) mass is 514 g/mol. The Bertz CT molecular complexity index is 1200. The van der Waals surface area contributed by atoms with Crippen molar-refractivity contribution in [3.05, 3.63) is 82.3 Å². The van der Waals surface area contributed by atoms with Crippen molar-refractivity contribution in [2.24, 2.45) is 0 Å². The summed E-state index contributed by atoms with van der Waals surface area (Å²) in [6.45, 7) is 1.49. The molecule has 7 nitrogen and oxygen atoms in total. The van der Waals surface area contributed by atoms with Gasteiger partial charge in [-0.15, -0.1) is 0 Å². The number of esters is 1. The molecule has 2 N–H and O–H groups in total. The van der Waals surface area contributed by atoms with Crippen LogP contribution in [0.5, 0.6) is 11.5 Å². The zero-order chi connectivity index (χ0) is 25.2. The van der Waals surface area contributed by atoms with Gasteiger partial charge in [-0.05, 0) is 67.4 Å². The van der Waals surface area contributed by atoms with E-state index in [-0.39, 0.29) is 25.4 Å². The van der Waals surface area contributed by atoms with Gasteiger partial charge in [0.1, 0.15) is 11.5 Å². The number of hydrogen-bond acceptors (Lipinski definition) is 5. The summed E-state index contributed by atoms with van der Waals surface area (Å²) < 4.78 is 10.7. The molecule has 3 rings (SSSR count). The van der Waals surface area contributed by atoms with Crippen molar-refractivity contribution in [1.82, 2.24) is 0 Å². The highest BCUT2D eigenvalue weighted by Crippen LogP contribution is 2.32. The molecule has 35 heavy (non-hydrogen) atoms. The number of aryl methyl sites for hydroxylation is 1. The lowest BCUT2D eigenvalue weighted by molar-refractivity contribution is -0.147. The lowest BCUT2D eigenvalue weighted by Gasteiger charge is -2.10. The van der Waals surface area contributed by atoms with Crippen LogP contribution in [0.1, 0.15) is 24.8 Å². The zero-order valence-electron chi connectivity index (χ0n) is 19.0. The van der Waals surface area contributed by atoms with Gasteiger partial charge in [-0.3, -0.25) is 14.4 Å². The Kier molecular flexibility index (Phi) is 9.52. The first-order chi connectivity index (χ1) is 16.8. The predicted octanol–water partition coefficient (Wildman–Crippen LogP) is 6.38. The second-order valence-corrected chi connectivity index (χ2v) is 8.47. The Balaban J connectivity index is 1.35. The molecule has 0 fully saturated rings. The fourth-order valence-corrected chi connectivity index (χ4v) is 3.47. The van der Waals surface area contributed by atoms with Crippen molar-refractivity contribution in [2.75, 3.05) is 17.2 Å².